The van der Waals surface area contributed by atoms with Gasteiger partial charge in [-0.3, -0.25) is 31.1 Å². The molecule has 0 spiro atoms. The van der Waals surface area contributed by atoms with Crippen molar-refractivity contribution in [3.05, 3.63) is 177 Å². The van der Waals surface area contributed by atoms with E-state index in [4.69, 9.17) is 9.47 Å². The molecule has 2 N–H and O–H groups in total. The van der Waals surface area contributed by atoms with Crippen molar-refractivity contribution < 1.29 is 19.3 Å². The minimum atomic E-state index is -0.471. The Balaban J connectivity index is 1.23. The molecule has 0 atom stereocenters. The Morgan fingerprint density at radius 2 is 0.893 bits per heavy atom. The third-order valence-corrected chi connectivity index (χ3v) is 8.00. The summed E-state index contributed by atoms with van der Waals surface area (Å²) in [6.07, 6.45) is 0. The lowest BCUT2D eigenvalue weighted by Crippen LogP contribution is -2.01. The number of nitrogens with zero attached hydrogens (tertiary/aromatic N) is 8. The Hall–Kier alpha value is -8.14. The lowest BCUT2D eigenvalue weighted by Gasteiger charge is -2.10. The maximum Gasteiger partial charge on any atom is 0.269 e. The minimum Gasteiger partial charge on any atom is -0.494 e. The summed E-state index contributed by atoms with van der Waals surface area (Å²) in [5, 5.41) is 48.6. The molecule has 6 aromatic rings. The molecule has 0 radical (unpaired) electrons. The molecule has 0 heterocycles. The average molecular weight is 749 g/mol. The van der Waals surface area contributed by atoms with Crippen molar-refractivity contribution in [1.82, 2.24) is 0 Å². The summed E-state index contributed by atoms with van der Waals surface area (Å²) in [5.74, 6) is 1.45. The molecule has 0 bridgehead atoms. The van der Waals surface area contributed by atoms with Crippen molar-refractivity contribution in [2.45, 2.75) is 0 Å². The number of hydrogen-bond donors (Lipinski definition) is 2. The van der Waals surface area contributed by atoms with Crippen LogP contribution in [0.1, 0.15) is 11.1 Å². The van der Waals surface area contributed by atoms with Crippen molar-refractivity contribution in [1.29, 1.82) is 0 Å². The summed E-state index contributed by atoms with van der Waals surface area (Å²) >= 11 is 0. The van der Waals surface area contributed by atoms with E-state index >= 15 is 0 Å². The predicted octanol–water partition coefficient (Wildman–Crippen LogP) is 10.3. The fourth-order valence-corrected chi connectivity index (χ4v) is 5.10. The Bertz CT molecular complexity index is 2270. The largest absolute Gasteiger partial charge is 0.494 e. The number of anilines is 2. The molecular weight excluding hydrogens is 717 g/mol. The number of non-ortho nitro benzene ring substituents is 2. The SMILES string of the molecule is COc1cc(-c2ccc(/N=N/C(=N\Nc3ccc([N+](=O)[O-])cc3)c3ccccc3)c(OC)c2)ccc1/N=N/C(=N\Nc1ccc([N+](=O)[O-])cc1)c1ccccc1. The van der Waals surface area contributed by atoms with Gasteiger partial charge in [0.25, 0.3) is 11.4 Å². The highest BCUT2D eigenvalue weighted by Gasteiger charge is 2.12. The third kappa shape index (κ3) is 9.64. The maximum absolute atomic E-state index is 11.0. The molecule has 278 valence electrons. The number of hydrogen-bond acceptors (Lipinski definition) is 12. The normalized spacial score (nSPS) is 11.8. The molecule has 0 aliphatic heterocycles. The van der Waals surface area contributed by atoms with Gasteiger partial charge in [-0.15, -0.1) is 20.5 Å². The first-order valence-corrected chi connectivity index (χ1v) is 16.8. The molecule has 6 rings (SSSR count). The van der Waals surface area contributed by atoms with E-state index in [0.29, 0.717) is 45.4 Å². The summed E-state index contributed by atoms with van der Waals surface area (Å²) in [5.41, 5.74) is 10.7. The molecule has 0 saturated heterocycles. The fraction of sp³-hybridized carbons (Fsp3) is 0.0500. The second kappa shape index (κ2) is 18.1. The molecule has 6 aromatic carbocycles. The van der Waals surface area contributed by atoms with Crippen LogP contribution in [0, 0.1) is 20.2 Å². The van der Waals surface area contributed by atoms with Crippen LogP contribution in [0.3, 0.4) is 0 Å². The monoisotopic (exact) mass is 748 g/mol. The zero-order valence-corrected chi connectivity index (χ0v) is 29.9. The van der Waals surface area contributed by atoms with E-state index in [-0.39, 0.29) is 23.0 Å². The van der Waals surface area contributed by atoms with Gasteiger partial charge < -0.3 is 9.47 Å². The van der Waals surface area contributed by atoms with E-state index in [0.717, 1.165) is 11.1 Å². The zero-order valence-electron chi connectivity index (χ0n) is 29.9. The van der Waals surface area contributed by atoms with Crippen molar-refractivity contribution in [3.63, 3.8) is 0 Å². The predicted molar refractivity (Wildman–Crippen MR) is 213 cm³/mol. The van der Waals surface area contributed by atoms with Gasteiger partial charge in [0.15, 0.2) is 0 Å². The van der Waals surface area contributed by atoms with Gasteiger partial charge in [0, 0.05) is 35.4 Å². The second-order valence-corrected chi connectivity index (χ2v) is 11.6. The molecule has 0 amide bonds. The standard InChI is InChI=1S/C40H32N10O6/c1-55-37-25-29(13-23-35(37)43-47-39(27-9-5-3-6-10-27)45-41-31-15-19-33(20-16-31)49(51)52)30-14-24-36(38(26-30)56-2)44-48-40(28-11-7-4-8-12-28)46-42-32-17-21-34(22-18-32)50(53)54/h3-26,41-42H,1-2H3/b45-39-,46-40-,47-43+,48-44+. The van der Waals surface area contributed by atoms with E-state index in [9.17, 15) is 20.2 Å². The molecule has 0 aromatic heterocycles. The van der Waals surface area contributed by atoms with Crippen LogP contribution in [0.5, 0.6) is 11.5 Å². The van der Waals surface area contributed by atoms with Gasteiger partial charge in [-0.05, 0) is 59.7 Å². The fourth-order valence-electron chi connectivity index (χ4n) is 5.10. The van der Waals surface area contributed by atoms with Crippen molar-refractivity contribution in [2.24, 2.45) is 30.7 Å². The molecule has 0 fully saturated rings. The number of benzene rings is 6. The maximum atomic E-state index is 11.0. The summed E-state index contributed by atoms with van der Waals surface area (Å²) in [6, 6.07) is 41.1. The number of nitrogens with one attached hydrogen (secondary N) is 2. The molecule has 0 saturated carbocycles. The van der Waals surface area contributed by atoms with Crippen molar-refractivity contribution >= 4 is 45.8 Å². The Morgan fingerprint density at radius 1 is 0.518 bits per heavy atom. The first-order valence-electron chi connectivity index (χ1n) is 16.8. The van der Waals surface area contributed by atoms with E-state index in [2.05, 4.69) is 41.5 Å². The van der Waals surface area contributed by atoms with E-state index in [1.54, 1.807) is 36.4 Å². The highest BCUT2D eigenvalue weighted by molar-refractivity contribution is 6.00. The molecule has 16 heteroatoms. The molecular formula is C40H32N10O6. The Morgan fingerprint density at radius 3 is 1.23 bits per heavy atom. The third-order valence-electron chi connectivity index (χ3n) is 8.00. The van der Waals surface area contributed by atoms with E-state index in [1.165, 1.54) is 38.5 Å². The zero-order chi connectivity index (χ0) is 39.3. The van der Waals surface area contributed by atoms with Gasteiger partial charge in [0.2, 0.25) is 11.7 Å². The lowest BCUT2D eigenvalue weighted by atomic mass is 10.0. The first kappa shape index (κ1) is 37.6. The topological polar surface area (TPSA) is 203 Å². The summed E-state index contributed by atoms with van der Waals surface area (Å²) in [7, 11) is 3.07. The van der Waals surface area contributed by atoms with E-state index < -0.39 is 9.85 Å². The minimum absolute atomic E-state index is 0.0337. The number of hydrazone groups is 2. The summed E-state index contributed by atoms with van der Waals surface area (Å²) in [4.78, 5) is 21.1. The number of methoxy groups -OCH3 is 2. The van der Waals surface area contributed by atoms with Gasteiger partial charge in [-0.1, -0.05) is 72.8 Å². The highest BCUT2D eigenvalue weighted by Crippen LogP contribution is 2.37. The Labute approximate surface area is 319 Å². The van der Waals surface area contributed by atoms with Crippen LogP contribution < -0.4 is 20.3 Å². The van der Waals surface area contributed by atoms with Crippen molar-refractivity contribution in [3.8, 4) is 22.6 Å². The molecule has 56 heavy (non-hydrogen) atoms. The van der Waals surface area contributed by atoms with Crippen molar-refractivity contribution in [2.75, 3.05) is 25.1 Å². The van der Waals surface area contributed by atoms with Crippen LogP contribution in [0.4, 0.5) is 34.1 Å². The van der Waals surface area contributed by atoms with Crippen LogP contribution in [-0.2, 0) is 0 Å². The van der Waals surface area contributed by atoms with Gasteiger partial charge >= 0.3 is 0 Å². The second-order valence-electron chi connectivity index (χ2n) is 11.6. The number of rotatable bonds is 13. The first-order chi connectivity index (χ1) is 27.3. The van der Waals surface area contributed by atoms with Gasteiger partial charge in [-0.25, -0.2) is 0 Å². The van der Waals surface area contributed by atoms with Gasteiger partial charge in [0.1, 0.15) is 22.9 Å². The quantitative estimate of drug-likeness (QED) is 0.0381. The van der Waals surface area contributed by atoms with Crippen LogP contribution in [0.25, 0.3) is 11.1 Å². The van der Waals surface area contributed by atoms with Crippen LogP contribution in [-0.4, -0.2) is 35.7 Å². The average Bonchev–Trinajstić information content (AvgIpc) is 3.24. The number of ether oxygens (including phenoxy) is 2. The van der Waals surface area contributed by atoms with Crippen LogP contribution in [0.2, 0.25) is 0 Å². The smallest absolute Gasteiger partial charge is 0.269 e. The molecule has 0 aliphatic rings. The number of amidine groups is 2. The van der Waals surface area contributed by atoms with Gasteiger partial charge in [0.05, 0.1) is 35.4 Å². The summed E-state index contributed by atoms with van der Waals surface area (Å²) in [6.45, 7) is 0. The van der Waals surface area contributed by atoms with E-state index in [1.807, 2.05) is 84.9 Å². The number of nitro groups is 2. The van der Waals surface area contributed by atoms with Crippen LogP contribution >= 0.6 is 0 Å². The number of nitro benzene ring substituents is 2. The Kier molecular flexibility index (Phi) is 12.1. The highest BCUT2D eigenvalue weighted by atomic mass is 16.6. The molecule has 0 unspecified atom stereocenters. The lowest BCUT2D eigenvalue weighted by molar-refractivity contribution is -0.385. The molecule has 16 nitrogen and oxygen atoms in total. The summed E-state index contributed by atoms with van der Waals surface area (Å²) < 4.78 is 11.4. The van der Waals surface area contributed by atoms with Crippen LogP contribution in [0.15, 0.2) is 176 Å². The molecule has 0 aliphatic carbocycles. The van der Waals surface area contributed by atoms with Gasteiger partial charge in [-0.2, -0.15) is 10.2 Å². The number of azo groups is 2.